The summed E-state index contributed by atoms with van der Waals surface area (Å²) in [5.41, 5.74) is -0.548. The standard InChI is InChI=1S/C13H23NO3/c1-9(2)8-10-6-7-14(11(10)15)12(16)17-13(3,4)5/h9-10H,6-8H2,1-5H3/t10-/m0/s1. The summed E-state index contributed by atoms with van der Waals surface area (Å²) >= 11 is 0. The van der Waals surface area contributed by atoms with Crippen molar-refractivity contribution < 1.29 is 14.3 Å². The second-order valence-corrected chi connectivity index (χ2v) is 6.09. The molecule has 0 aromatic heterocycles. The maximum Gasteiger partial charge on any atom is 0.417 e. The summed E-state index contributed by atoms with van der Waals surface area (Å²) in [4.78, 5) is 25.0. The summed E-state index contributed by atoms with van der Waals surface area (Å²) < 4.78 is 5.21. The van der Waals surface area contributed by atoms with Crippen LogP contribution in [0.5, 0.6) is 0 Å². The summed E-state index contributed by atoms with van der Waals surface area (Å²) in [6.45, 7) is 10.1. The maximum atomic E-state index is 12.0. The molecule has 0 bridgehead atoms. The van der Waals surface area contributed by atoms with E-state index in [0.29, 0.717) is 12.5 Å². The van der Waals surface area contributed by atoms with E-state index in [4.69, 9.17) is 4.74 Å². The number of imide groups is 1. The van der Waals surface area contributed by atoms with Crippen LogP contribution in [-0.2, 0) is 9.53 Å². The Morgan fingerprint density at radius 1 is 1.47 bits per heavy atom. The summed E-state index contributed by atoms with van der Waals surface area (Å²) in [6.07, 6.45) is 1.10. The Balaban J connectivity index is 2.58. The average molecular weight is 241 g/mol. The van der Waals surface area contributed by atoms with Gasteiger partial charge in [-0.25, -0.2) is 9.69 Å². The number of carbonyl (C=O) groups is 2. The molecule has 0 aliphatic carbocycles. The first kappa shape index (κ1) is 14.0. The highest BCUT2D eigenvalue weighted by Crippen LogP contribution is 2.26. The fourth-order valence-electron chi connectivity index (χ4n) is 2.02. The van der Waals surface area contributed by atoms with Crippen molar-refractivity contribution in [1.29, 1.82) is 0 Å². The molecular formula is C13H23NO3. The molecule has 0 radical (unpaired) electrons. The van der Waals surface area contributed by atoms with Gasteiger partial charge in [0.1, 0.15) is 5.60 Å². The molecule has 1 rings (SSSR count). The second-order valence-electron chi connectivity index (χ2n) is 6.09. The van der Waals surface area contributed by atoms with Crippen molar-refractivity contribution in [3.63, 3.8) is 0 Å². The van der Waals surface area contributed by atoms with E-state index in [1.165, 1.54) is 4.90 Å². The number of likely N-dealkylation sites (tertiary alicyclic amines) is 1. The number of amides is 2. The van der Waals surface area contributed by atoms with Crippen LogP contribution in [0.25, 0.3) is 0 Å². The summed E-state index contributed by atoms with van der Waals surface area (Å²) in [5, 5.41) is 0. The third-order valence-corrected chi connectivity index (χ3v) is 2.69. The van der Waals surface area contributed by atoms with Crippen LogP contribution in [-0.4, -0.2) is 29.0 Å². The van der Waals surface area contributed by atoms with Crippen LogP contribution in [0.4, 0.5) is 4.79 Å². The van der Waals surface area contributed by atoms with Crippen LogP contribution >= 0.6 is 0 Å². The van der Waals surface area contributed by atoms with Gasteiger partial charge in [0.05, 0.1) is 0 Å². The lowest BCUT2D eigenvalue weighted by molar-refractivity contribution is -0.130. The van der Waals surface area contributed by atoms with Crippen LogP contribution in [0, 0.1) is 11.8 Å². The zero-order valence-electron chi connectivity index (χ0n) is 11.4. The van der Waals surface area contributed by atoms with E-state index in [2.05, 4.69) is 13.8 Å². The molecule has 1 aliphatic rings. The Bertz CT molecular complexity index is 304. The van der Waals surface area contributed by atoms with Gasteiger partial charge in [-0.2, -0.15) is 0 Å². The molecule has 0 aromatic carbocycles. The first-order chi connectivity index (χ1) is 7.70. The van der Waals surface area contributed by atoms with Crippen LogP contribution in [0.1, 0.15) is 47.5 Å². The van der Waals surface area contributed by atoms with Gasteiger partial charge in [-0.05, 0) is 39.5 Å². The van der Waals surface area contributed by atoms with Crippen molar-refractivity contribution in [3.8, 4) is 0 Å². The zero-order chi connectivity index (χ0) is 13.2. The molecule has 4 heteroatoms. The highest BCUT2D eigenvalue weighted by molar-refractivity contribution is 5.95. The Morgan fingerprint density at radius 2 is 2.06 bits per heavy atom. The van der Waals surface area contributed by atoms with Gasteiger partial charge in [-0.15, -0.1) is 0 Å². The van der Waals surface area contributed by atoms with E-state index in [-0.39, 0.29) is 11.8 Å². The molecule has 1 heterocycles. The van der Waals surface area contributed by atoms with Crippen molar-refractivity contribution >= 4 is 12.0 Å². The molecule has 0 aromatic rings. The van der Waals surface area contributed by atoms with Gasteiger partial charge in [-0.1, -0.05) is 13.8 Å². The number of hydrogen-bond donors (Lipinski definition) is 0. The highest BCUT2D eigenvalue weighted by atomic mass is 16.6. The molecule has 0 spiro atoms. The predicted octanol–water partition coefficient (Wildman–Crippen LogP) is 2.82. The fourth-order valence-corrected chi connectivity index (χ4v) is 2.02. The first-order valence-corrected chi connectivity index (χ1v) is 6.25. The largest absolute Gasteiger partial charge is 0.443 e. The van der Waals surface area contributed by atoms with Gasteiger partial charge >= 0.3 is 6.09 Å². The van der Waals surface area contributed by atoms with Gasteiger partial charge in [0.25, 0.3) is 0 Å². The van der Waals surface area contributed by atoms with E-state index in [1.807, 2.05) is 0 Å². The number of carbonyl (C=O) groups excluding carboxylic acids is 2. The molecule has 0 unspecified atom stereocenters. The van der Waals surface area contributed by atoms with E-state index >= 15 is 0 Å². The molecule has 1 atom stereocenters. The van der Waals surface area contributed by atoms with Gasteiger partial charge in [0.2, 0.25) is 5.91 Å². The number of nitrogens with zero attached hydrogens (tertiary/aromatic N) is 1. The van der Waals surface area contributed by atoms with Crippen molar-refractivity contribution in [2.45, 2.75) is 53.1 Å². The predicted molar refractivity (Wildman–Crippen MR) is 65.5 cm³/mol. The fraction of sp³-hybridized carbons (Fsp3) is 0.846. The lowest BCUT2D eigenvalue weighted by Crippen LogP contribution is -2.38. The minimum atomic E-state index is -0.548. The van der Waals surface area contributed by atoms with Crippen LogP contribution in [0.2, 0.25) is 0 Å². The number of ether oxygens (including phenoxy) is 1. The zero-order valence-corrected chi connectivity index (χ0v) is 11.4. The Labute approximate surface area is 103 Å². The molecule has 1 aliphatic heterocycles. The monoisotopic (exact) mass is 241 g/mol. The number of rotatable bonds is 2. The lowest BCUT2D eigenvalue weighted by Gasteiger charge is -2.23. The van der Waals surface area contributed by atoms with Crippen LogP contribution in [0.3, 0.4) is 0 Å². The third-order valence-electron chi connectivity index (χ3n) is 2.69. The topological polar surface area (TPSA) is 46.6 Å². The van der Waals surface area contributed by atoms with Crippen LogP contribution < -0.4 is 0 Å². The minimum absolute atomic E-state index is 0.0116. The van der Waals surface area contributed by atoms with Crippen molar-refractivity contribution in [1.82, 2.24) is 4.90 Å². The normalized spacial score (nSPS) is 21.2. The van der Waals surface area contributed by atoms with Crippen molar-refractivity contribution in [2.75, 3.05) is 6.54 Å². The Kier molecular flexibility index (Phi) is 4.17. The highest BCUT2D eigenvalue weighted by Gasteiger charge is 2.37. The molecule has 1 saturated heterocycles. The minimum Gasteiger partial charge on any atom is -0.443 e. The van der Waals surface area contributed by atoms with E-state index < -0.39 is 11.7 Å². The first-order valence-electron chi connectivity index (χ1n) is 6.25. The Hall–Kier alpha value is -1.06. The molecule has 4 nitrogen and oxygen atoms in total. The summed E-state index contributed by atoms with van der Waals surface area (Å²) in [7, 11) is 0. The molecule has 0 saturated carbocycles. The molecule has 98 valence electrons. The maximum absolute atomic E-state index is 12.0. The molecular weight excluding hydrogens is 218 g/mol. The average Bonchev–Trinajstić information content (AvgIpc) is 2.44. The second kappa shape index (κ2) is 5.07. The Morgan fingerprint density at radius 3 is 2.53 bits per heavy atom. The summed E-state index contributed by atoms with van der Waals surface area (Å²) in [6, 6.07) is 0. The lowest BCUT2D eigenvalue weighted by atomic mass is 9.96. The molecule has 0 N–H and O–H groups in total. The van der Waals surface area contributed by atoms with E-state index in [1.54, 1.807) is 20.8 Å². The van der Waals surface area contributed by atoms with Gasteiger partial charge < -0.3 is 4.74 Å². The van der Waals surface area contributed by atoms with Crippen molar-refractivity contribution in [3.05, 3.63) is 0 Å². The van der Waals surface area contributed by atoms with Crippen molar-refractivity contribution in [2.24, 2.45) is 11.8 Å². The smallest absolute Gasteiger partial charge is 0.417 e. The molecule has 17 heavy (non-hydrogen) atoms. The van der Waals surface area contributed by atoms with Crippen LogP contribution in [0.15, 0.2) is 0 Å². The SMILES string of the molecule is CC(C)C[C@@H]1CCN(C(=O)OC(C)(C)C)C1=O. The molecule has 1 fully saturated rings. The van der Waals surface area contributed by atoms with Gasteiger partial charge in [0.15, 0.2) is 0 Å². The van der Waals surface area contributed by atoms with E-state index in [9.17, 15) is 9.59 Å². The van der Waals surface area contributed by atoms with Gasteiger partial charge in [0, 0.05) is 12.5 Å². The quantitative estimate of drug-likeness (QED) is 0.746. The molecule has 2 amide bonds. The third kappa shape index (κ3) is 4.02. The number of hydrogen-bond acceptors (Lipinski definition) is 3. The van der Waals surface area contributed by atoms with E-state index in [0.717, 1.165) is 12.8 Å². The summed E-state index contributed by atoms with van der Waals surface area (Å²) in [5.74, 6) is 0.387. The van der Waals surface area contributed by atoms with Gasteiger partial charge in [-0.3, -0.25) is 4.79 Å².